The quantitative estimate of drug-likeness (QED) is 0.829. The SMILES string of the molecule is CCN1C[C@H](C)C(C)(Oc2ccc(OC(C)C)cn2)C[C@@H]1C. The summed E-state index contributed by atoms with van der Waals surface area (Å²) in [5.41, 5.74) is -0.168. The maximum atomic E-state index is 6.28. The van der Waals surface area contributed by atoms with E-state index in [-0.39, 0.29) is 11.7 Å². The summed E-state index contributed by atoms with van der Waals surface area (Å²) < 4.78 is 11.9. The van der Waals surface area contributed by atoms with Crippen LogP contribution in [0.3, 0.4) is 0 Å². The molecule has 1 fully saturated rings. The molecule has 2 rings (SSSR count). The standard InChI is InChI=1S/C18H30N2O2/c1-7-20-12-14(4)18(6,10-15(20)5)22-17-9-8-16(11-19-17)21-13(2)3/h8-9,11,13-15H,7,10,12H2,1-6H3/t14-,15-,18?/m0/s1. The molecule has 1 saturated heterocycles. The van der Waals surface area contributed by atoms with Gasteiger partial charge in [0.2, 0.25) is 5.88 Å². The molecule has 2 heterocycles. The van der Waals surface area contributed by atoms with Crippen LogP contribution in [-0.4, -0.2) is 40.7 Å². The normalized spacial score (nSPS) is 29.6. The van der Waals surface area contributed by atoms with Crippen molar-refractivity contribution in [3.8, 4) is 11.6 Å². The Balaban J connectivity index is 2.05. The highest BCUT2D eigenvalue weighted by Crippen LogP contribution is 2.35. The van der Waals surface area contributed by atoms with Crippen LogP contribution in [0.5, 0.6) is 11.6 Å². The van der Waals surface area contributed by atoms with E-state index in [4.69, 9.17) is 9.47 Å². The molecule has 0 bridgehead atoms. The molecular formula is C18H30N2O2. The average molecular weight is 306 g/mol. The van der Waals surface area contributed by atoms with Gasteiger partial charge in [-0.1, -0.05) is 13.8 Å². The minimum absolute atomic E-state index is 0.158. The van der Waals surface area contributed by atoms with E-state index >= 15 is 0 Å². The molecule has 0 aliphatic carbocycles. The summed E-state index contributed by atoms with van der Waals surface area (Å²) >= 11 is 0. The largest absolute Gasteiger partial charge is 0.489 e. The summed E-state index contributed by atoms with van der Waals surface area (Å²) in [5, 5.41) is 0. The summed E-state index contributed by atoms with van der Waals surface area (Å²) in [5.74, 6) is 1.94. The molecule has 1 aromatic rings. The van der Waals surface area contributed by atoms with E-state index in [0.29, 0.717) is 17.8 Å². The molecule has 0 radical (unpaired) electrons. The molecule has 0 saturated carbocycles. The van der Waals surface area contributed by atoms with Gasteiger partial charge < -0.3 is 14.4 Å². The third-order valence-corrected chi connectivity index (χ3v) is 4.70. The number of hydrogen-bond acceptors (Lipinski definition) is 4. The predicted molar refractivity (Wildman–Crippen MR) is 89.5 cm³/mol. The van der Waals surface area contributed by atoms with Crippen molar-refractivity contribution in [1.82, 2.24) is 9.88 Å². The van der Waals surface area contributed by atoms with Crippen LogP contribution in [0.25, 0.3) is 0 Å². The molecule has 1 unspecified atom stereocenters. The lowest BCUT2D eigenvalue weighted by atomic mass is 9.80. The molecule has 1 aliphatic rings. The van der Waals surface area contributed by atoms with Crippen LogP contribution in [0.1, 0.15) is 48.0 Å². The van der Waals surface area contributed by atoms with Crippen LogP contribution >= 0.6 is 0 Å². The lowest BCUT2D eigenvalue weighted by Gasteiger charge is -2.47. The minimum atomic E-state index is -0.168. The Hall–Kier alpha value is -1.29. The molecule has 4 nitrogen and oxygen atoms in total. The van der Waals surface area contributed by atoms with Gasteiger partial charge in [-0.2, -0.15) is 0 Å². The first-order chi connectivity index (χ1) is 10.3. The third-order valence-electron chi connectivity index (χ3n) is 4.70. The maximum Gasteiger partial charge on any atom is 0.213 e. The van der Waals surface area contributed by atoms with Gasteiger partial charge in [-0.15, -0.1) is 0 Å². The second kappa shape index (κ2) is 6.86. The molecule has 0 N–H and O–H groups in total. The van der Waals surface area contributed by atoms with Gasteiger partial charge in [0.05, 0.1) is 12.3 Å². The lowest BCUT2D eigenvalue weighted by molar-refractivity contribution is -0.0533. The predicted octanol–water partition coefficient (Wildman–Crippen LogP) is 3.76. The molecule has 0 spiro atoms. The molecular weight excluding hydrogens is 276 g/mol. The fraction of sp³-hybridized carbons (Fsp3) is 0.722. The molecule has 0 aromatic carbocycles. The second-order valence-electron chi connectivity index (χ2n) is 6.96. The van der Waals surface area contributed by atoms with E-state index in [9.17, 15) is 0 Å². The van der Waals surface area contributed by atoms with Gasteiger partial charge >= 0.3 is 0 Å². The van der Waals surface area contributed by atoms with E-state index in [1.54, 1.807) is 6.20 Å². The molecule has 22 heavy (non-hydrogen) atoms. The van der Waals surface area contributed by atoms with E-state index in [2.05, 4.69) is 37.6 Å². The Labute approximate surface area is 134 Å². The van der Waals surface area contributed by atoms with Gasteiger partial charge in [0, 0.05) is 31.0 Å². The van der Waals surface area contributed by atoms with Gasteiger partial charge in [-0.25, -0.2) is 4.98 Å². The van der Waals surface area contributed by atoms with Crippen molar-refractivity contribution in [3.05, 3.63) is 18.3 Å². The van der Waals surface area contributed by atoms with Crippen molar-refractivity contribution in [2.75, 3.05) is 13.1 Å². The smallest absolute Gasteiger partial charge is 0.213 e. The summed E-state index contributed by atoms with van der Waals surface area (Å²) in [6.07, 6.45) is 2.92. The zero-order valence-electron chi connectivity index (χ0n) is 14.8. The third kappa shape index (κ3) is 3.92. The van der Waals surface area contributed by atoms with Crippen molar-refractivity contribution in [3.63, 3.8) is 0 Å². The molecule has 1 aromatic heterocycles. The number of nitrogens with zero attached hydrogens (tertiary/aromatic N) is 2. The van der Waals surface area contributed by atoms with Crippen molar-refractivity contribution >= 4 is 0 Å². The Morgan fingerprint density at radius 1 is 1.36 bits per heavy atom. The number of aromatic nitrogens is 1. The topological polar surface area (TPSA) is 34.6 Å². The Kier molecular flexibility index (Phi) is 5.32. The van der Waals surface area contributed by atoms with Gasteiger partial charge in [-0.05, 0) is 40.3 Å². The van der Waals surface area contributed by atoms with Crippen LogP contribution in [0.2, 0.25) is 0 Å². The molecule has 1 aliphatic heterocycles. The average Bonchev–Trinajstić information content (AvgIpc) is 2.44. The summed E-state index contributed by atoms with van der Waals surface area (Å²) in [4.78, 5) is 6.93. The fourth-order valence-corrected chi connectivity index (χ4v) is 3.23. The first-order valence-corrected chi connectivity index (χ1v) is 8.40. The fourth-order valence-electron chi connectivity index (χ4n) is 3.23. The zero-order chi connectivity index (χ0) is 16.3. The minimum Gasteiger partial charge on any atom is -0.489 e. The Bertz CT molecular complexity index is 474. The van der Waals surface area contributed by atoms with Crippen molar-refractivity contribution < 1.29 is 9.47 Å². The van der Waals surface area contributed by atoms with E-state index < -0.39 is 0 Å². The van der Waals surface area contributed by atoms with Crippen molar-refractivity contribution in [2.45, 2.75) is 65.7 Å². The van der Waals surface area contributed by atoms with E-state index in [0.717, 1.165) is 25.3 Å². The molecule has 3 atom stereocenters. The number of pyridine rings is 1. The number of hydrogen-bond donors (Lipinski definition) is 0. The Morgan fingerprint density at radius 2 is 2.09 bits per heavy atom. The lowest BCUT2D eigenvalue weighted by Crippen LogP contribution is -2.55. The first-order valence-electron chi connectivity index (χ1n) is 8.40. The molecule has 4 heteroatoms. The molecule has 0 amide bonds. The number of likely N-dealkylation sites (tertiary alicyclic amines) is 1. The van der Waals surface area contributed by atoms with Crippen molar-refractivity contribution in [2.24, 2.45) is 5.92 Å². The van der Waals surface area contributed by atoms with Gasteiger partial charge in [0.1, 0.15) is 11.4 Å². The highest BCUT2D eigenvalue weighted by Gasteiger charge is 2.41. The van der Waals surface area contributed by atoms with Gasteiger partial charge in [0.25, 0.3) is 0 Å². The monoisotopic (exact) mass is 306 g/mol. The van der Waals surface area contributed by atoms with Crippen LogP contribution < -0.4 is 9.47 Å². The van der Waals surface area contributed by atoms with Crippen LogP contribution in [-0.2, 0) is 0 Å². The van der Waals surface area contributed by atoms with Crippen LogP contribution in [0, 0.1) is 5.92 Å². The zero-order valence-corrected chi connectivity index (χ0v) is 14.8. The van der Waals surface area contributed by atoms with Gasteiger partial charge in [-0.3, -0.25) is 0 Å². The van der Waals surface area contributed by atoms with Gasteiger partial charge in [0.15, 0.2) is 0 Å². The summed E-state index contributed by atoms with van der Waals surface area (Å²) in [7, 11) is 0. The van der Waals surface area contributed by atoms with Crippen molar-refractivity contribution in [1.29, 1.82) is 0 Å². The first kappa shape index (κ1) is 17.1. The second-order valence-corrected chi connectivity index (χ2v) is 6.96. The maximum absolute atomic E-state index is 6.28. The van der Waals surface area contributed by atoms with Crippen LogP contribution in [0.4, 0.5) is 0 Å². The summed E-state index contributed by atoms with van der Waals surface area (Å²) in [6, 6.07) is 4.38. The van der Waals surface area contributed by atoms with E-state index in [1.165, 1.54) is 0 Å². The highest BCUT2D eigenvalue weighted by atomic mass is 16.5. The number of piperidine rings is 1. The Morgan fingerprint density at radius 3 is 2.64 bits per heavy atom. The van der Waals surface area contributed by atoms with E-state index in [1.807, 2.05) is 26.0 Å². The molecule has 124 valence electrons. The number of ether oxygens (including phenoxy) is 2. The highest BCUT2D eigenvalue weighted by molar-refractivity contribution is 5.23. The van der Waals surface area contributed by atoms with Crippen LogP contribution in [0.15, 0.2) is 18.3 Å². The number of rotatable bonds is 5. The summed E-state index contributed by atoms with van der Waals surface area (Å²) in [6.45, 7) is 15.2.